The molecule has 0 aliphatic carbocycles. The molecule has 0 aromatic heterocycles. The van der Waals surface area contributed by atoms with Gasteiger partial charge in [0.25, 0.3) is 5.91 Å². The minimum atomic E-state index is -0.499. The first kappa shape index (κ1) is 16.3. The van der Waals surface area contributed by atoms with Crippen LogP contribution in [0.4, 0.5) is 0 Å². The van der Waals surface area contributed by atoms with E-state index in [-0.39, 0.29) is 11.8 Å². The zero-order chi connectivity index (χ0) is 15.6. The zero-order valence-corrected chi connectivity index (χ0v) is 14.2. The van der Waals surface area contributed by atoms with Crippen molar-refractivity contribution in [1.29, 1.82) is 0 Å². The molecule has 1 aromatic rings. The van der Waals surface area contributed by atoms with Crippen molar-refractivity contribution in [3.05, 3.63) is 33.3 Å². The van der Waals surface area contributed by atoms with E-state index in [1.54, 1.807) is 37.2 Å². The molecule has 1 aliphatic rings. The van der Waals surface area contributed by atoms with Crippen molar-refractivity contribution in [1.82, 2.24) is 15.1 Å². The minimum Gasteiger partial charge on any atom is -0.347 e. The van der Waals surface area contributed by atoms with Gasteiger partial charge >= 0.3 is 0 Å². The number of carbonyl (C=O) groups excluding carboxylic acids is 2. The van der Waals surface area contributed by atoms with Gasteiger partial charge in [-0.05, 0) is 18.2 Å². The number of piperazine rings is 1. The van der Waals surface area contributed by atoms with E-state index in [1.807, 2.05) is 0 Å². The summed E-state index contributed by atoms with van der Waals surface area (Å²) in [6.45, 7) is 1.60. The number of likely N-dealkylation sites (N-methyl/N-ethyl adjacent to an activating group) is 1. The second-order valence-electron chi connectivity index (χ2n) is 5.08. The van der Waals surface area contributed by atoms with E-state index in [0.29, 0.717) is 30.2 Å². The lowest BCUT2D eigenvalue weighted by Crippen LogP contribution is -2.59. The van der Waals surface area contributed by atoms with Gasteiger partial charge in [0, 0.05) is 38.2 Å². The van der Waals surface area contributed by atoms with Crippen molar-refractivity contribution < 1.29 is 9.59 Å². The van der Waals surface area contributed by atoms with Crippen LogP contribution < -0.4 is 5.32 Å². The summed E-state index contributed by atoms with van der Waals surface area (Å²) in [6, 6.07) is 4.62. The van der Waals surface area contributed by atoms with Gasteiger partial charge < -0.3 is 15.1 Å². The summed E-state index contributed by atoms with van der Waals surface area (Å²) in [7, 11) is 3.37. The third-order valence-electron chi connectivity index (χ3n) is 3.39. The van der Waals surface area contributed by atoms with Crippen LogP contribution in [0, 0.1) is 0 Å². The highest BCUT2D eigenvalue weighted by Gasteiger charge is 2.34. The predicted octanol–water partition coefficient (Wildman–Crippen LogP) is 1.60. The first-order chi connectivity index (χ1) is 9.91. The Bertz CT molecular complexity index is 565. The summed E-state index contributed by atoms with van der Waals surface area (Å²) in [5.41, 5.74) is 0.415. The monoisotopic (exact) mass is 373 g/mol. The van der Waals surface area contributed by atoms with Crippen molar-refractivity contribution in [3.63, 3.8) is 0 Å². The fraction of sp³-hybridized carbons (Fsp3) is 0.429. The number of nitrogens with one attached hydrogen (secondary N) is 1. The Balaban J connectivity index is 2.28. The molecule has 1 heterocycles. The number of benzene rings is 1. The van der Waals surface area contributed by atoms with E-state index in [9.17, 15) is 9.59 Å². The molecule has 0 spiro atoms. The van der Waals surface area contributed by atoms with Gasteiger partial charge in [0.1, 0.15) is 6.04 Å². The van der Waals surface area contributed by atoms with Gasteiger partial charge in [-0.15, -0.1) is 0 Å². The van der Waals surface area contributed by atoms with E-state index in [0.717, 1.165) is 4.47 Å². The van der Waals surface area contributed by atoms with Crippen molar-refractivity contribution in [2.45, 2.75) is 6.04 Å². The molecule has 5 nitrogen and oxygen atoms in total. The quantitative estimate of drug-likeness (QED) is 0.855. The standard InChI is InChI=1S/C14H17BrClN3O2/c1-18(2)14(21)12-8-17-5-6-19(12)13(20)10-4-3-9(15)7-11(10)16/h3-4,7,12,17H,5-6,8H2,1-2H3. The molecular weight excluding hydrogens is 358 g/mol. The number of hydrogen-bond acceptors (Lipinski definition) is 3. The summed E-state index contributed by atoms with van der Waals surface area (Å²) >= 11 is 9.46. The second kappa shape index (κ2) is 6.77. The lowest BCUT2D eigenvalue weighted by molar-refractivity contribution is -0.134. The number of nitrogens with zero attached hydrogens (tertiary/aromatic N) is 2. The van der Waals surface area contributed by atoms with E-state index in [2.05, 4.69) is 21.2 Å². The number of hydrogen-bond donors (Lipinski definition) is 1. The van der Waals surface area contributed by atoms with Crippen molar-refractivity contribution in [3.8, 4) is 0 Å². The van der Waals surface area contributed by atoms with Gasteiger partial charge in [0.15, 0.2) is 0 Å². The molecule has 2 amide bonds. The van der Waals surface area contributed by atoms with Crippen LogP contribution in [0.25, 0.3) is 0 Å². The van der Waals surface area contributed by atoms with Gasteiger partial charge in [0.2, 0.25) is 5.91 Å². The molecule has 21 heavy (non-hydrogen) atoms. The Morgan fingerprint density at radius 1 is 1.43 bits per heavy atom. The fourth-order valence-corrected chi connectivity index (χ4v) is 3.04. The van der Waals surface area contributed by atoms with Crippen LogP contribution in [0.3, 0.4) is 0 Å². The average molecular weight is 375 g/mol. The van der Waals surface area contributed by atoms with Crippen LogP contribution in [-0.2, 0) is 4.79 Å². The highest BCUT2D eigenvalue weighted by Crippen LogP contribution is 2.23. The summed E-state index contributed by atoms with van der Waals surface area (Å²) in [5.74, 6) is -0.307. The molecule has 1 aromatic carbocycles. The molecule has 114 valence electrons. The Morgan fingerprint density at radius 3 is 2.76 bits per heavy atom. The molecule has 1 aliphatic heterocycles. The molecule has 0 radical (unpaired) electrons. The maximum Gasteiger partial charge on any atom is 0.256 e. The SMILES string of the molecule is CN(C)C(=O)C1CNCCN1C(=O)c1ccc(Br)cc1Cl. The maximum absolute atomic E-state index is 12.7. The summed E-state index contributed by atoms with van der Waals surface area (Å²) in [5, 5.41) is 3.53. The number of carbonyl (C=O) groups is 2. The normalized spacial score (nSPS) is 18.5. The Labute approximate surface area is 137 Å². The smallest absolute Gasteiger partial charge is 0.256 e. The highest BCUT2D eigenvalue weighted by atomic mass is 79.9. The van der Waals surface area contributed by atoms with Gasteiger partial charge in [0.05, 0.1) is 10.6 Å². The summed E-state index contributed by atoms with van der Waals surface area (Å²) < 4.78 is 0.810. The number of amides is 2. The molecule has 1 atom stereocenters. The van der Waals surface area contributed by atoms with E-state index in [4.69, 9.17) is 11.6 Å². The second-order valence-corrected chi connectivity index (χ2v) is 6.40. The Kier molecular flexibility index (Phi) is 5.24. The first-order valence-electron chi connectivity index (χ1n) is 6.59. The van der Waals surface area contributed by atoms with Crippen LogP contribution in [-0.4, -0.2) is 61.4 Å². The lowest BCUT2D eigenvalue weighted by atomic mass is 10.1. The third-order valence-corrected chi connectivity index (χ3v) is 4.20. The topological polar surface area (TPSA) is 52.7 Å². The van der Waals surface area contributed by atoms with Crippen LogP contribution >= 0.6 is 27.5 Å². The van der Waals surface area contributed by atoms with Crippen molar-refractivity contribution >= 4 is 39.3 Å². The molecule has 0 saturated carbocycles. The van der Waals surface area contributed by atoms with Gasteiger partial charge in [-0.3, -0.25) is 9.59 Å². The zero-order valence-electron chi connectivity index (χ0n) is 11.9. The predicted molar refractivity (Wildman–Crippen MR) is 85.5 cm³/mol. The highest BCUT2D eigenvalue weighted by molar-refractivity contribution is 9.10. The lowest BCUT2D eigenvalue weighted by Gasteiger charge is -2.36. The number of halogens is 2. The molecule has 1 saturated heterocycles. The average Bonchev–Trinajstić information content (AvgIpc) is 2.45. The Hall–Kier alpha value is -1.11. The van der Waals surface area contributed by atoms with E-state index < -0.39 is 6.04 Å². The third kappa shape index (κ3) is 3.56. The minimum absolute atomic E-state index is 0.0937. The molecule has 2 rings (SSSR count). The molecular formula is C14H17BrClN3O2. The van der Waals surface area contributed by atoms with Crippen molar-refractivity contribution in [2.75, 3.05) is 33.7 Å². The van der Waals surface area contributed by atoms with Gasteiger partial charge in [-0.25, -0.2) is 0 Å². The maximum atomic E-state index is 12.7. The molecule has 7 heteroatoms. The van der Waals surface area contributed by atoms with Gasteiger partial charge in [-0.2, -0.15) is 0 Å². The molecule has 0 bridgehead atoms. The molecule has 1 unspecified atom stereocenters. The van der Waals surface area contributed by atoms with Crippen LogP contribution in [0.2, 0.25) is 5.02 Å². The first-order valence-corrected chi connectivity index (χ1v) is 7.77. The number of rotatable bonds is 2. The molecule has 1 N–H and O–H groups in total. The molecule has 1 fully saturated rings. The largest absolute Gasteiger partial charge is 0.347 e. The summed E-state index contributed by atoms with van der Waals surface area (Å²) in [6.07, 6.45) is 0. The van der Waals surface area contributed by atoms with Crippen molar-refractivity contribution in [2.24, 2.45) is 0 Å². The van der Waals surface area contributed by atoms with Crippen LogP contribution in [0.15, 0.2) is 22.7 Å². The van der Waals surface area contributed by atoms with E-state index in [1.165, 1.54) is 4.90 Å². The van der Waals surface area contributed by atoms with Gasteiger partial charge in [-0.1, -0.05) is 27.5 Å². The van der Waals surface area contributed by atoms with Crippen LogP contribution in [0.1, 0.15) is 10.4 Å². The Morgan fingerprint density at radius 2 is 2.14 bits per heavy atom. The van der Waals surface area contributed by atoms with E-state index >= 15 is 0 Å². The summed E-state index contributed by atoms with van der Waals surface area (Å²) in [4.78, 5) is 28.0. The fourth-order valence-electron chi connectivity index (χ4n) is 2.28. The van der Waals surface area contributed by atoms with Crippen LogP contribution in [0.5, 0.6) is 0 Å².